The molecule has 0 bridgehead atoms. The van der Waals surface area contributed by atoms with Gasteiger partial charge in [0.25, 0.3) is 0 Å². The first-order valence-corrected chi connectivity index (χ1v) is 18.1. The highest BCUT2D eigenvalue weighted by Gasteiger charge is 2.27. The molecule has 0 heterocycles. The number of aliphatic hydroxyl groups is 2. The number of carbonyl (C=O) groups excluding carboxylic acids is 2. The zero-order valence-corrected chi connectivity index (χ0v) is 28.5. The molecule has 0 amide bonds. The van der Waals surface area contributed by atoms with Crippen LogP contribution in [0.1, 0.15) is 117 Å². The molecule has 10 nitrogen and oxygen atoms in total. The standard InChI is InChI=1S/C34H59O10P/c1-3-5-7-9-11-12-13-14-15-16-17-18-20-22-24-26-34(38)44-32(28-36)30-42-45(39,40)41-29-31(27-35)43-33(37)25-23-21-19-10-8-6-4-2/h5,7,11-12,14-15,17-18,31-32,35-36H,3-4,6,8-10,13,16,19-30H2,1-2H3,(H,39,40)/b7-5-,12-11-,15-14-,18-17-. The fraction of sp³-hybridized carbons (Fsp3) is 0.706. The van der Waals surface area contributed by atoms with Gasteiger partial charge in [0.15, 0.2) is 0 Å². The Morgan fingerprint density at radius 1 is 0.622 bits per heavy atom. The highest BCUT2D eigenvalue weighted by atomic mass is 31.2. The van der Waals surface area contributed by atoms with Gasteiger partial charge < -0.3 is 24.6 Å². The van der Waals surface area contributed by atoms with Gasteiger partial charge in [-0.1, -0.05) is 101 Å². The van der Waals surface area contributed by atoms with Crippen molar-refractivity contribution in [3.8, 4) is 0 Å². The number of rotatable bonds is 30. The van der Waals surface area contributed by atoms with Gasteiger partial charge >= 0.3 is 19.8 Å². The van der Waals surface area contributed by atoms with Gasteiger partial charge in [-0.3, -0.25) is 18.6 Å². The molecule has 45 heavy (non-hydrogen) atoms. The zero-order valence-electron chi connectivity index (χ0n) is 27.6. The van der Waals surface area contributed by atoms with Crippen LogP contribution in [0.25, 0.3) is 0 Å². The molecule has 0 spiro atoms. The lowest BCUT2D eigenvalue weighted by molar-refractivity contribution is -0.153. The van der Waals surface area contributed by atoms with E-state index in [1.54, 1.807) is 0 Å². The summed E-state index contributed by atoms with van der Waals surface area (Å²) in [5.41, 5.74) is 0. The van der Waals surface area contributed by atoms with Crippen molar-refractivity contribution in [1.29, 1.82) is 0 Å². The summed E-state index contributed by atoms with van der Waals surface area (Å²) in [5.74, 6) is -1.07. The number of ether oxygens (including phenoxy) is 2. The monoisotopic (exact) mass is 658 g/mol. The van der Waals surface area contributed by atoms with Gasteiger partial charge in [0.1, 0.15) is 12.2 Å². The number of hydrogen-bond acceptors (Lipinski definition) is 9. The quantitative estimate of drug-likeness (QED) is 0.0308. The van der Waals surface area contributed by atoms with Crippen molar-refractivity contribution in [3.05, 3.63) is 48.6 Å². The van der Waals surface area contributed by atoms with Crippen molar-refractivity contribution in [2.75, 3.05) is 26.4 Å². The number of aliphatic hydroxyl groups excluding tert-OH is 2. The third kappa shape index (κ3) is 29.1. The van der Waals surface area contributed by atoms with Crippen LogP contribution in [0.3, 0.4) is 0 Å². The lowest BCUT2D eigenvalue weighted by atomic mass is 10.1. The molecule has 3 unspecified atom stereocenters. The van der Waals surface area contributed by atoms with Gasteiger partial charge in [0, 0.05) is 12.8 Å². The lowest BCUT2D eigenvalue weighted by Gasteiger charge is -2.20. The van der Waals surface area contributed by atoms with Crippen LogP contribution in [0.15, 0.2) is 48.6 Å². The summed E-state index contributed by atoms with van der Waals surface area (Å²) in [6.07, 6.45) is 28.4. The molecule has 3 N–H and O–H groups in total. The first-order valence-electron chi connectivity index (χ1n) is 16.6. The third-order valence-electron chi connectivity index (χ3n) is 6.56. The number of carbonyl (C=O) groups is 2. The van der Waals surface area contributed by atoms with Gasteiger partial charge in [-0.2, -0.15) is 0 Å². The Hall–Kier alpha value is -2.07. The van der Waals surface area contributed by atoms with Crippen LogP contribution in [0.4, 0.5) is 0 Å². The minimum Gasteiger partial charge on any atom is -0.457 e. The van der Waals surface area contributed by atoms with Crippen LogP contribution in [0.2, 0.25) is 0 Å². The van der Waals surface area contributed by atoms with E-state index in [-0.39, 0.29) is 12.8 Å². The molecule has 260 valence electrons. The summed E-state index contributed by atoms with van der Waals surface area (Å²) in [4.78, 5) is 34.1. The highest BCUT2D eigenvalue weighted by molar-refractivity contribution is 7.47. The van der Waals surface area contributed by atoms with E-state index in [1.807, 2.05) is 0 Å². The average Bonchev–Trinajstić information content (AvgIpc) is 3.02. The van der Waals surface area contributed by atoms with E-state index in [0.717, 1.165) is 57.8 Å². The van der Waals surface area contributed by atoms with Gasteiger partial charge in [0.05, 0.1) is 26.4 Å². The minimum absolute atomic E-state index is 0.139. The normalized spacial score (nSPS) is 14.9. The average molecular weight is 659 g/mol. The molecule has 0 rings (SSSR count). The molecule has 0 radical (unpaired) electrons. The molecule has 0 saturated heterocycles. The second-order valence-corrected chi connectivity index (χ2v) is 12.2. The van der Waals surface area contributed by atoms with E-state index >= 15 is 0 Å². The number of hydrogen-bond donors (Lipinski definition) is 3. The summed E-state index contributed by atoms with van der Waals surface area (Å²) < 4.78 is 32.2. The summed E-state index contributed by atoms with van der Waals surface area (Å²) >= 11 is 0. The van der Waals surface area contributed by atoms with Crippen molar-refractivity contribution in [2.24, 2.45) is 0 Å². The second kappa shape index (κ2) is 30.6. The fourth-order valence-corrected chi connectivity index (χ4v) is 4.77. The van der Waals surface area contributed by atoms with Crippen LogP contribution >= 0.6 is 7.82 Å². The Kier molecular flexibility index (Phi) is 29.2. The molecule has 0 aliphatic rings. The molecule has 0 aromatic carbocycles. The summed E-state index contributed by atoms with van der Waals surface area (Å²) in [6.45, 7) is 1.94. The van der Waals surface area contributed by atoms with Crippen LogP contribution in [0.5, 0.6) is 0 Å². The van der Waals surface area contributed by atoms with Crippen LogP contribution < -0.4 is 0 Å². The van der Waals surface area contributed by atoms with E-state index in [2.05, 4.69) is 62.5 Å². The number of phosphoric ester groups is 1. The number of allylic oxidation sites excluding steroid dienone is 8. The van der Waals surface area contributed by atoms with E-state index in [4.69, 9.17) is 18.5 Å². The number of esters is 2. The SMILES string of the molecule is CC/C=C\C/C=C\C/C=C\C/C=C\CCCCC(=O)OC(CO)COP(=O)(O)OCC(CO)OC(=O)CCCCCCCCC. The molecule has 0 saturated carbocycles. The molecule has 0 aromatic rings. The zero-order chi connectivity index (χ0) is 33.4. The minimum atomic E-state index is -4.63. The molecule has 0 fully saturated rings. The van der Waals surface area contributed by atoms with Crippen LogP contribution in [-0.2, 0) is 32.7 Å². The Bertz CT molecular complexity index is 899. The van der Waals surface area contributed by atoms with Crippen molar-refractivity contribution < 1.29 is 47.8 Å². The topological polar surface area (TPSA) is 149 Å². The van der Waals surface area contributed by atoms with Gasteiger partial charge in [-0.25, -0.2) is 4.57 Å². The highest BCUT2D eigenvalue weighted by Crippen LogP contribution is 2.43. The largest absolute Gasteiger partial charge is 0.472 e. The fourth-order valence-electron chi connectivity index (χ4n) is 3.99. The summed E-state index contributed by atoms with van der Waals surface area (Å²) in [7, 11) is -4.63. The van der Waals surface area contributed by atoms with Gasteiger partial charge in [0.2, 0.25) is 0 Å². The maximum Gasteiger partial charge on any atom is 0.472 e. The predicted molar refractivity (Wildman–Crippen MR) is 177 cm³/mol. The van der Waals surface area contributed by atoms with Gasteiger partial charge in [-0.05, 0) is 51.4 Å². The summed E-state index contributed by atoms with van der Waals surface area (Å²) in [5, 5.41) is 18.9. The van der Waals surface area contributed by atoms with Crippen molar-refractivity contribution in [2.45, 2.75) is 129 Å². The van der Waals surface area contributed by atoms with E-state index in [1.165, 1.54) is 19.3 Å². The molecular formula is C34H59O10P. The molecule has 11 heteroatoms. The van der Waals surface area contributed by atoms with Crippen molar-refractivity contribution in [3.63, 3.8) is 0 Å². The molecule has 0 aliphatic heterocycles. The maximum absolute atomic E-state index is 12.2. The first kappa shape index (κ1) is 42.9. The van der Waals surface area contributed by atoms with Crippen molar-refractivity contribution in [1.82, 2.24) is 0 Å². The number of unbranched alkanes of at least 4 members (excludes halogenated alkanes) is 8. The molecule has 3 atom stereocenters. The van der Waals surface area contributed by atoms with E-state index in [9.17, 15) is 29.3 Å². The Labute approximate surface area is 271 Å². The number of phosphoric acid groups is 1. The third-order valence-corrected chi connectivity index (χ3v) is 7.51. The Balaban J connectivity index is 4.12. The molecule has 0 aromatic heterocycles. The van der Waals surface area contributed by atoms with E-state index < -0.39 is 58.4 Å². The maximum atomic E-state index is 12.2. The predicted octanol–water partition coefficient (Wildman–Crippen LogP) is 7.43. The summed E-state index contributed by atoms with van der Waals surface area (Å²) in [6, 6.07) is 0. The molecule has 0 aliphatic carbocycles. The van der Waals surface area contributed by atoms with Gasteiger partial charge in [-0.15, -0.1) is 0 Å². The first-order chi connectivity index (χ1) is 21.8. The van der Waals surface area contributed by atoms with Crippen LogP contribution in [-0.4, -0.2) is 65.7 Å². The second-order valence-electron chi connectivity index (χ2n) is 10.8. The Morgan fingerprint density at radius 2 is 1.04 bits per heavy atom. The smallest absolute Gasteiger partial charge is 0.457 e. The van der Waals surface area contributed by atoms with E-state index in [0.29, 0.717) is 12.8 Å². The lowest BCUT2D eigenvalue weighted by Crippen LogP contribution is -2.28. The molecular weight excluding hydrogens is 599 g/mol. The van der Waals surface area contributed by atoms with Crippen molar-refractivity contribution >= 4 is 19.8 Å². The Morgan fingerprint density at radius 3 is 1.51 bits per heavy atom. The van der Waals surface area contributed by atoms with Crippen LogP contribution in [0, 0.1) is 0 Å².